The van der Waals surface area contributed by atoms with Gasteiger partial charge in [-0.15, -0.1) is 0 Å². The molecule has 2 aromatic rings. The molecule has 3 aliphatic carbocycles. The molecule has 0 radical (unpaired) electrons. The van der Waals surface area contributed by atoms with Crippen molar-refractivity contribution in [2.45, 2.75) is 37.4 Å². The summed E-state index contributed by atoms with van der Waals surface area (Å²) < 4.78 is 18.8. The van der Waals surface area contributed by atoms with E-state index in [0.29, 0.717) is 17.9 Å². The summed E-state index contributed by atoms with van der Waals surface area (Å²) in [6, 6.07) is 11.7. The summed E-state index contributed by atoms with van der Waals surface area (Å²) >= 11 is 5.65. The average molecular weight is 460 g/mol. The van der Waals surface area contributed by atoms with Crippen molar-refractivity contribution in [3.63, 3.8) is 0 Å². The van der Waals surface area contributed by atoms with Gasteiger partial charge in [0.05, 0.1) is 5.02 Å². The summed E-state index contributed by atoms with van der Waals surface area (Å²) in [6.45, 7) is 0.620. The highest BCUT2D eigenvalue weighted by Gasteiger charge is 2.57. The minimum atomic E-state index is -0.591. The lowest BCUT2D eigenvalue weighted by atomic mass is 9.76. The maximum atomic E-state index is 13.5. The first-order valence-corrected chi connectivity index (χ1v) is 11.0. The molecule has 6 nitrogen and oxygen atoms in total. The molecule has 0 aromatic heterocycles. The lowest BCUT2D eigenvalue weighted by Crippen LogP contribution is -2.51. The molecule has 5 rings (SSSR count). The number of amides is 2. The van der Waals surface area contributed by atoms with Crippen molar-refractivity contribution in [3.05, 3.63) is 64.4 Å². The molecule has 2 bridgehead atoms. The van der Waals surface area contributed by atoms with Gasteiger partial charge in [-0.1, -0.05) is 23.7 Å². The molecule has 0 spiro atoms. The maximum absolute atomic E-state index is 13.5. The Kier molecular flexibility index (Phi) is 6.40. The molecule has 32 heavy (non-hydrogen) atoms. The van der Waals surface area contributed by atoms with Gasteiger partial charge in [-0.3, -0.25) is 9.59 Å². The van der Waals surface area contributed by atoms with Crippen LogP contribution in [0.3, 0.4) is 0 Å². The van der Waals surface area contributed by atoms with Crippen LogP contribution < -0.4 is 15.4 Å². The third-order valence-corrected chi connectivity index (χ3v) is 6.49. The number of ether oxygens (including phenoxy) is 1. The van der Waals surface area contributed by atoms with Crippen molar-refractivity contribution < 1.29 is 18.7 Å². The van der Waals surface area contributed by atoms with E-state index < -0.39 is 5.82 Å². The Morgan fingerprint density at radius 1 is 1.16 bits per heavy atom. The summed E-state index contributed by atoms with van der Waals surface area (Å²) in [7, 11) is 4.01. The summed E-state index contributed by atoms with van der Waals surface area (Å²) in [5, 5.41) is 6.18. The summed E-state index contributed by atoms with van der Waals surface area (Å²) in [4.78, 5) is 27.1. The molecule has 0 saturated heterocycles. The molecule has 2 amide bonds. The van der Waals surface area contributed by atoms with E-state index in [9.17, 15) is 14.0 Å². The SMILES string of the molecule is CN(C)Cc1ccc(C(=O)NC23CC(C2)[C@@H](NC(=O)COc2ccc(Cl)c(F)c2)C3)cc1. The fourth-order valence-electron chi connectivity index (χ4n) is 4.71. The Balaban J connectivity index is 1.26. The fourth-order valence-corrected chi connectivity index (χ4v) is 4.83. The van der Waals surface area contributed by atoms with Gasteiger partial charge in [0.1, 0.15) is 11.6 Å². The summed E-state index contributed by atoms with van der Waals surface area (Å²) in [5.41, 5.74) is 1.53. The Labute approximate surface area is 192 Å². The van der Waals surface area contributed by atoms with E-state index in [1.807, 2.05) is 38.4 Å². The minimum Gasteiger partial charge on any atom is -0.484 e. The minimum absolute atomic E-state index is 0.00387. The maximum Gasteiger partial charge on any atom is 0.258 e. The first-order valence-electron chi connectivity index (χ1n) is 10.7. The molecular formula is C24H27ClFN3O3. The molecule has 170 valence electrons. The second-order valence-corrected chi connectivity index (χ2v) is 9.49. The van der Waals surface area contributed by atoms with Crippen LogP contribution in [0.15, 0.2) is 42.5 Å². The Morgan fingerprint density at radius 3 is 2.53 bits per heavy atom. The van der Waals surface area contributed by atoms with Gasteiger partial charge in [-0.2, -0.15) is 0 Å². The van der Waals surface area contributed by atoms with Crippen molar-refractivity contribution in [1.29, 1.82) is 0 Å². The number of carbonyl (C=O) groups is 2. The average Bonchev–Trinajstić information content (AvgIpc) is 3.22. The largest absolute Gasteiger partial charge is 0.484 e. The van der Waals surface area contributed by atoms with Crippen LogP contribution in [0.5, 0.6) is 5.75 Å². The van der Waals surface area contributed by atoms with Gasteiger partial charge in [0.2, 0.25) is 0 Å². The number of hydrogen-bond donors (Lipinski definition) is 2. The van der Waals surface area contributed by atoms with E-state index in [0.717, 1.165) is 31.0 Å². The van der Waals surface area contributed by atoms with E-state index in [1.165, 1.54) is 12.1 Å². The molecule has 3 aliphatic rings. The van der Waals surface area contributed by atoms with E-state index in [1.54, 1.807) is 0 Å². The zero-order valence-corrected chi connectivity index (χ0v) is 18.9. The zero-order chi connectivity index (χ0) is 22.9. The van der Waals surface area contributed by atoms with Crippen molar-refractivity contribution in [2.24, 2.45) is 5.92 Å². The van der Waals surface area contributed by atoms with Crippen LogP contribution in [-0.4, -0.2) is 49.0 Å². The standard InChI is InChI=1S/C24H27ClFN3O3/c1-29(2)13-15-3-5-16(6-4-15)23(31)28-24-10-17(11-24)21(12-24)27-22(30)14-32-18-7-8-19(25)20(26)9-18/h3-9,17,21H,10-14H2,1-2H3,(H,27,30)(H,28,31)/t17?,21-,24?/m0/s1. The van der Waals surface area contributed by atoms with E-state index in [-0.39, 0.29) is 40.8 Å². The predicted octanol–water partition coefficient (Wildman–Crippen LogP) is 3.39. The predicted molar refractivity (Wildman–Crippen MR) is 120 cm³/mol. The number of fused-ring (bicyclic) bond motifs is 1. The Morgan fingerprint density at radius 2 is 1.88 bits per heavy atom. The van der Waals surface area contributed by atoms with Gasteiger partial charge in [0.15, 0.2) is 6.61 Å². The van der Waals surface area contributed by atoms with Crippen molar-refractivity contribution in [3.8, 4) is 5.75 Å². The monoisotopic (exact) mass is 459 g/mol. The summed E-state index contributed by atoms with van der Waals surface area (Å²) in [6.07, 6.45) is 2.40. The number of benzene rings is 2. The fraction of sp³-hybridized carbons (Fsp3) is 0.417. The van der Waals surface area contributed by atoms with Crippen LogP contribution in [0.1, 0.15) is 35.2 Å². The molecule has 8 heteroatoms. The first kappa shape index (κ1) is 22.6. The molecular weight excluding hydrogens is 433 g/mol. The first-order chi connectivity index (χ1) is 15.2. The van der Waals surface area contributed by atoms with E-state index in [2.05, 4.69) is 15.5 Å². The highest BCUT2D eigenvalue weighted by molar-refractivity contribution is 6.30. The lowest BCUT2D eigenvalue weighted by molar-refractivity contribution is -0.124. The number of hydrogen-bond acceptors (Lipinski definition) is 4. The van der Waals surface area contributed by atoms with Gasteiger partial charge in [-0.05, 0) is 69.1 Å². The van der Waals surface area contributed by atoms with Crippen LogP contribution in [0.4, 0.5) is 4.39 Å². The molecule has 3 fully saturated rings. The lowest BCUT2D eigenvalue weighted by Gasteiger charge is -2.39. The topological polar surface area (TPSA) is 70.7 Å². The molecule has 1 atom stereocenters. The Bertz CT molecular complexity index is 1010. The second-order valence-electron chi connectivity index (χ2n) is 9.08. The van der Waals surface area contributed by atoms with Crippen LogP contribution >= 0.6 is 11.6 Å². The van der Waals surface area contributed by atoms with Crippen LogP contribution in [0.2, 0.25) is 5.02 Å². The van der Waals surface area contributed by atoms with Crippen LogP contribution in [0.25, 0.3) is 0 Å². The molecule has 0 aliphatic heterocycles. The van der Waals surface area contributed by atoms with Gasteiger partial charge in [-0.25, -0.2) is 4.39 Å². The second kappa shape index (κ2) is 9.08. The molecule has 0 unspecified atom stereocenters. The van der Waals surface area contributed by atoms with Crippen molar-refractivity contribution in [2.75, 3.05) is 20.7 Å². The van der Waals surface area contributed by atoms with Gasteiger partial charge in [0, 0.05) is 29.8 Å². The molecule has 2 aromatic carbocycles. The normalized spacial score (nSPS) is 23.5. The van der Waals surface area contributed by atoms with Crippen molar-refractivity contribution >= 4 is 23.4 Å². The van der Waals surface area contributed by atoms with Crippen molar-refractivity contribution in [1.82, 2.24) is 15.5 Å². The number of nitrogens with one attached hydrogen (secondary N) is 2. The van der Waals surface area contributed by atoms with Gasteiger partial charge in [0.25, 0.3) is 11.8 Å². The van der Waals surface area contributed by atoms with Crippen LogP contribution in [-0.2, 0) is 11.3 Å². The van der Waals surface area contributed by atoms with E-state index in [4.69, 9.17) is 16.3 Å². The van der Waals surface area contributed by atoms with E-state index >= 15 is 0 Å². The highest BCUT2D eigenvalue weighted by atomic mass is 35.5. The third kappa shape index (κ3) is 5.05. The van der Waals surface area contributed by atoms with Gasteiger partial charge < -0.3 is 20.3 Å². The Hall–Kier alpha value is -2.64. The zero-order valence-electron chi connectivity index (χ0n) is 18.2. The molecule has 0 heterocycles. The molecule has 2 N–H and O–H groups in total. The number of nitrogens with zero attached hydrogens (tertiary/aromatic N) is 1. The van der Waals surface area contributed by atoms with Gasteiger partial charge >= 0.3 is 0 Å². The number of halogens is 2. The highest BCUT2D eigenvalue weighted by Crippen LogP contribution is 2.52. The molecule has 3 saturated carbocycles. The smallest absolute Gasteiger partial charge is 0.258 e. The summed E-state index contributed by atoms with van der Waals surface area (Å²) in [5.74, 6) is -0.352. The van der Waals surface area contributed by atoms with Crippen LogP contribution in [0, 0.1) is 11.7 Å². The number of carbonyl (C=O) groups excluding carboxylic acids is 2. The number of rotatable bonds is 8. The quantitative estimate of drug-likeness (QED) is 0.635. The third-order valence-electron chi connectivity index (χ3n) is 6.19.